The third-order valence-corrected chi connectivity index (χ3v) is 15.4. The van der Waals surface area contributed by atoms with E-state index in [1.165, 1.54) is 44.9 Å². The minimum atomic E-state index is -0.325. The second kappa shape index (κ2) is 10.4. The highest BCUT2D eigenvalue weighted by molar-refractivity contribution is 5.97. The minimum Gasteiger partial charge on any atom is -0.353 e. The number of hydrogen-bond donors (Lipinski definition) is 2. The van der Waals surface area contributed by atoms with E-state index in [0.29, 0.717) is 52.4 Å². The van der Waals surface area contributed by atoms with Gasteiger partial charge >= 0.3 is 0 Å². The highest BCUT2D eigenvalue weighted by Gasteiger charge is 2.69. The first-order valence-electron chi connectivity index (χ1n) is 18.2. The summed E-state index contributed by atoms with van der Waals surface area (Å²) >= 11 is 0. The molecule has 8 aliphatic rings. The molecule has 43 heavy (non-hydrogen) atoms. The number of amides is 2. The first-order valence-corrected chi connectivity index (χ1v) is 18.2. The van der Waals surface area contributed by atoms with Crippen LogP contribution < -0.4 is 10.6 Å². The van der Waals surface area contributed by atoms with Crippen LogP contribution in [0.3, 0.4) is 0 Å². The lowest BCUT2D eigenvalue weighted by molar-refractivity contribution is -0.273. The molecular formula is C36H57N3O4. The quantitative estimate of drug-likeness (QED) is 0.450. The highest BCUT2D eigenvalue weighted by atomic mass is 16.7. The van der Waals surface area contributed by atoms with Crippen LogP contribution in [-0.2, 0) is 19.1 Å². The molecule has 1 spiro atoms. The smallest absolute Gasteiger partial charge is 0.232 e. The van der Waals surface area contributed by atoms with Crippen molar-refractivity contribution in [2.75, 3.05) is 32.8 Å². The summed E-state index contributed by atoms with van der Waals surface area (Å²) in [7, 11) is 0. The van der Waals surface area contributed by atoms with Gasteiger partial charge < -0.3 is 25.0 Å². The Morgan fingerprint density at radius 2 is 1.67 bits per heavy atom. The lowest BCUT2D eigenvalue weighted by atomic mass is 9.44. The van der Waals surface area contributed by atoms with Crippen LogP contribution in [0.1, 0.15) is 98.3 Å². The van der Waals surface area contributed by atoms with Gasteiger partial charge in [0.2, 0.25) is 11.8 Å². The Labute approximate surface area is 259 Å². The van der Waals surface area contributed by atoms with E-state index in [0.717, 1.165) is 69.8 Å². The van der Waals surface area contributed by atoms with E-state index in [9.17, 15) is 9.59 Å². The van der Waals surface area contributed by atoms with Crippen LogP contribution in [0.25, 0.3) is 0 Å². The van der Waals surface area contributed by atoms with Crippen LogP contribution in [0.2, 0.25) is 0 Å². The summed E-state index contributed by atoms with van der Waals surface area (Å²) < 4.78 is 13.5. The maximum atomic E-state index is 13.0. The van der Waals surface area contributed by atoms with E-state index in [4.69, 9.17) is 9.47 Å². The monoisotopic (exact) mass is 595 g/mol. The van der Waals surface area contributed by atoms with E-state index in [2.05, 4.69) is 38.3 Å². The molecule has 2 N–H and O–H groups in total. The van der Waals surface area contributed by atoms with Crippen molar-refractivity contribution in [2.24, 2.45) is 64.1 Å². The Hall–Kier alpha value is -1.18. The van der Waals surface area contributed by atoms with Crippen LogP contribution in [0.4, 0.5) is 0 Å². The van der Waals surface area contributed by atoms with Crippen LogP contribution in [0.15, 0.2) is 0 Å². The topological polar surface area (TPSA) is 79.9 Å². The molecule has 4 heterocycles. The summed E-state index contributed by atoms with van der Waals surface area (Å²) in [6.07, 6.45) is 12.6. The first kappa shape index (κ1) is 29.2. The molecule has 7 heteroatoms. The molecule has 4 aliphatic heterocycles. The zero-order chi connectivity index (χ0) is 29.7. The van der Waals surface area contributed by atoms with E-state index < -0.39 is 0 Å². The lowest BCUT2D eigenvalue weighted by Crippen LogP contribution is -2.56. The van der Waals surface area contributed by atoms with Crippen molar-refractivity contribution in [2.45, 2.75) is 116 Å². The average molecular weight is 596 g/mol. The SMILES string of the molecule is C[C@H]1CC[C@@]2(OC1)O[C@H]1C[C@H]3[C@@H]4CC[C@@H]5C[C@H](NC(=O)CC(=O)N6CC7CNCC7C6)CC[C@]5(C)[C@H]4CC[C@]3(C)[C@H]1[C@@H]2C. The molecule has 4 saturated carbocycles. The van der Waals surface area contributed by atoms with Crippen molar-refractivity contribution in [1.82, 2.24) is 15.5 Å². The van der Waals surface area contributed by atoms with Crippen molar-refractivity contribution in [1.29, 1.82) is 0 Å². The summed E-state index contributed by atoms with van der Waals surface area (Å²) in [6.45, 7) is 14.5. The summed E-state index contributed by atoms with van der Waals surface area (Å²) in [5, 5.41) is 6.75. The van der Waals surface area contributed by atoms with Crippen molar-refractivity contribution in [3.63, 3.8) is 0 Å². The number of likely N-dealkylation sites (tertiary alicyclic amines) is 1. The second-order valence-corrected chi connectivity index (χ2v) is 17.4. The average Bonchev–Trinajstić information content (AvgIpc) is 3.71. The van der Waals surface area contributed by atoms with Gasteiger partial charge in [0.05, 0.1) is 12.7 Å². The molecule has 0 aromatic heterocycles. The number of nitrogens with one attached hydrogen (secondary N) is 2. The second-order valence-electron chi connectivity index (χ2n) is 17.4. The Balaban J connectivity index is 0.888. The van der Waals surface area contributed by atoms with Crippen molar-refractivity contribution >= 4 is 11.8 Å². The Morgan fingerprint density at radius 1 is 0.907 bits per heavy atom. The van der Waals surface area contributed by atoms with Crippen molar-refractivity contribution in [3.05, 3.63) is 0 Å². The van der Waals surface area contributed by atoms with Gasteiger partial charge in [0.25, 0.3) is 0 Å². The fourth-order valence-electron chi connectivity index (χ4n) is 13.0. The molecule has 7 nitrogen and oxygen atoms in total. The fourth-order valence-corrected chi connectivity index (χ4v) is 13.0. The molecule has 2 amide bonds. The number of carbonyl (C=O) groups excluding carboxylic acids is 2. The third-order valence-electron chi connectivity index (χ3n) is 15.4. The number of nitrogens with zero attached hydrogens (tertiary/aromatic N) is 1. The van der Waals surface area contributed by atoms with Crippen LogP contribution in [0, 0.1) is 64.1 Å². The molecule has 4 aliphatic carbocycles. The number of fused-ring (bicyclic) bond motifs is 8. The Morgan fingerprint density at radius 3 is 2.42 bits per heavy atom. The van der Waals surface area contributed by atoms with Gasteiger partial charge in [-0.25, -0.2) is 0 Å². The molecule has 0 bridgehead atoms. The third kappa shape index (κ3) is 4.51. The van der Waals surface area contributed by atoms with Crippen molar-refractivity contribution in [3.8, 4) is 0 Å². The highest BCUT2D eigenvalue weighted by Crippen LogP contribution is 2.71. The molecule has 0 aromatic rings. The molecular weight excluding hydrogens is 538 g/mol. The molecule has 8 fully saturated rings. The van der Waals surface area contributed by atoms with Gasteiger partial charge in [0.15, 0.2) is 5.79 Å². The molecule has 14 atom stereocenters. The summed E-state index contributed by atoms with van der Waals surface area (Å²) in [5.41, 5.74) is 0.739. The molecule has 8 rings (SSSR count). The van der Waals surface area contributed by atoms with Gasteiger partial charge in [-0.15, -0.1) is 0 Å². The van der Waals surface area contributed by atoms with Crippen LogP contribution >= 0.6 is 0 Å². The fraction of sp³-hybridized carbons (Fsp3) is 0.944. The number of rotatable bonds is 3. The normalized spacial score (nSPS) is 53.6. The molecule has 0 radical (unpaired) electrons. The van der Waals surface area contributed by atoms with Gasteiger partial charge in [-0.1, -0.05) is 27.7 Å². The van der Waals surface area contributed by atoms with E-state index in [1.54, 1.807) is 0 Å². The zero-order valence-electron chi connectivity index (χ0n) is 27.2. The number of hydrogen-bond acceptors (Lipinski definition) is 5. The number of carbonyl (C=O) groups is 2. The van der Waals surface area contributed by atoms with E-state index in [-0.39, 0.29) is 30.1 Å². The predicted octanol–water partition coefficient (Wildman–Crippen LogP) is 4.99. The van der Waals surface area contributed by atoms with Crippen LogP contribution in [0.5, 0.6) is 0 Å². The minimum absolute atomic E-state index is 0.0183. The maximum absolute atomic E-state index is 13.0. The Kier molecular flexibility index (Phi) is 7.08. The lowest BCUT2D eigenvalue weighted by Gasteiger charge is -2.61. The van der Waals surface area contributed by atoms with E-state index >= 15 is 0 Å². The van der Waals surface area contributed by atoms with Crippen molar-refractivity contribution < 1.29 is 19.1 Å². The zero-order valence-corrected chi connectivity index (χ0v) is 27.2. The van der Waals surface area contributed by atoms with E-state index in [1.807, 2.05) is 4.90 Å². The Bertz CT molecular complexity index is 1110. The largest absolute Gasteiger partial charge is 0.353 e. The molecule has 240 valence electrons. The standard InChI is InChI=1S/C36H57N3O4/c1-21-7-12-36(42-20-21)22(2)33-30(43-36)14-29-27-6-5-25-13-26(8-10-34(25,3)28(27)9-11-35(29,33)4)38-31(40)15-32(41)39-18-23-16-37-17-24(23)19-39/h21-30,33,37H,5-20H2,1-4H3,(H,38,40)/t21-,22-,23?,24?,25+,26+,27+,28-,29-,30-,33-,34-,35-,36+/m0/s1. The molecule has 4 saturated heterocycles. The van der Waals surface area contributed by atoms with Crippen LogP contribution in [-0.4, -0.2) is 67.4 Å². The first-order chi connectivity index (χ1) is 20.6. The number of ether oxygens (including phenoxy) is 2. The van der Waals surface area contributed by atoms with Gasteiger partial charge in [-0.3, -0.25) is 9.59 Å². The molecule has 2 unspecified atom stereocenters. The maximum Gasteiger partial charge on any atom is 0.232 e. The van der Waals surface area contributed by atoms with Gasteiger partial charge in [-0.05, 0) is 116 Å². The summed E-state index contributed by atoms with van der Waals surface area (Å²) in [6, 6.07) is 0.223. The summed E-state index contributed by atoms with van der Waals surface area (Å²) in [5.74, 6) is 5.59. The summed E-state index contributed by atoms with van der Waals surface area (Å²) in [4.78, 5) is 27.9. The van der Waals surface area contributed by atoms with Gasteiger partial charge in [-0.2, -0.15) is 0 Å². The van der Waals surface area contributed by atoms with Gasteiger partial charge in [0.1, 0.15) is 6.42 Å². The van der Waals surface area contributed by atoms with Gasteiger partial charge in [0, 0.05) is 44.6 Å². The molecule has 0 aromatic carbocycles. The predicted molar refractivity (Wildman–Crippen MR) is 165 cm³/mol.